The van der Waals surface area contributed by atoms with Crippen LogP contribution in [0.4, 0.5) is 11.6 Å². The summed E-state index contributed by atoms with van der Waals surface area (Å²) in [5.74, 6) is -0.456. The van der Waals surface area contributed by atoms with Gasteiger partial charge in [0, 0.05) is 15.3 Å². The Morgan fingerprint density at radius 3 is 2.55 bits per heavy atom. The number of carbonyl (C=O) groups excluding carboxylic acids is 1. The van der Waals surface area contributed by atoms with E-state index in [1.165, 1.54) is 24.3 Å². The van der Waals surface area contributed by atoms with Gasteiger partial charge in [0.1, 0.15) is 10.7 Å². The third-order valence-corrected chi connectivity index (χ3v) is 3.02. The fraction of sp³-hybridized carbons (Fsp3) is 0. The molecule has 0 radical (unpaired) electrons. The van der Waals surface area contributed by atoms with E-state index in [4.69, 9.17) is 4.42 Å². The van der Waals surface area contributed by atoms with E-state index < -0.39 is 4.92 Å². The molecule has 0 bridgehead atoms. The minimum absolute atomic E-state index is 0.245. The van der Waals surface area contributed by atoms with Gasteiger partial charge in [-0.2, -0.15) is 0 Å². The average molecular weight is 384 g/mol. The van der Waals surface area contributed by atoms with Gasteiger partial charge in [0.25, 0.3) is 0 Å². The van der Waals surface area contributed by atoms with Crippen LogP contribution in [0, 0.1) is 13.7 Å². The maximum Gasteiger partial charge on any atom is 0.433 e. The molecule has 0 fully saturated rings. The molecule has 20 heavy (non-hydrogen) atoms. The first-order chi connectivity index (χ1) is 9.54. The Morgan fingerprint density at radius 2 is 1.95 bits per heavy atom. The molecule has 7 heteroatoms. The molecule has 6 nitrogen and oxygen atoms in total. The van der Waals surface area contributed by atoms with Gasteiger partial charge in [0.05, 0.1) is 6.07 Å². The Morgan fingerprint density at radius 1 is 1.25 bits per heavy atom. The van der Waals surface area contributed by atoms with E-state index in [0.29, 0.717) is 5.69 Å². The third-order valence-electron chi connectivity index (χ3n) is 2.30. The van der Waals surface area contributed by atoms with Gasteiger partial charge in [-0.15, -0.1) is 0 Å². The number of halogens is 1. The monoisotopic (exact) mass is 384 g/mol. The lowest BCUT2D eigenvalue weighted by Crippen LogP contribution is -2.07. The second kappa shape index (κ2) is 6.33. The number of benzene rings is 1. The zero-order valence-corrected chi connectivity index (χ0v) is 12.2. The number of carbonyl (C=O) groups is 1. The molecule has 1 aromatic heterocycles. The lowest BCUT2D eigenvalue weighted by Gasteiger charge is -2.01. The number of nitrogens with one attached hydrogen (secondary N) is 1. The Bertz CT molecular complexity index is 661. The predicted octanol–water partition coefficient (Wildman–Crippen LogP) is 3.44. The van der Waals surface area contributed by atoms with Crippen molar-refractivity contribution < 1.29 is 14.1 Å². The van der Waals surface area contributed by atoms with Crippen molar-refractivity contribution in [3.05, 3.63) is 61.9 Å². The summed E-state index contributed by atoms with van der Waals surface area (Å²) in [6.07, 6.45) is 2.62. The van der Waals surface area contributed by atoms with Crippen molar-refractivity contribution in [2.45, 2.75) is 0 Å². The summed E-state index contributed by atoms with van der Waals surface area (Å²) >= 11 is 2.17. The maximum absolute atomic E-state index is 11.6. The molecule has 1 amide bonds. The largest absolute Gasteiger partial charge is 0.433 e. The maximum atomic E-state index is 11.6. The number of nitrogens with zero attached hydrogens (tertiary/aromatic N) is 1. The Balaban J connectivity index is 1.98. The molecule has 0 aliphatic carbocycles. The smallest absolute Gasteiger partial charge is 0.401 e. The molecular weight excluding hydrogens is 375 g/mol. The van der Waals surface area contributed by atoms with E-state index in [1.54, 1.807) is 12.1 Å². The van der Waals surface area contributed by atoms with Crippen molar-refractivity contribution in [3.63, 3.8) is 0 Å². The molecule has 0 spiro atoms. The van der Waals surface area contributed by atoms with Crippen LogP contribution < -0.4 is 5.32 Å². The zero-order valence-electron chi connectivity index (χ0n) is 10.1. The van der Waals surface area contributed by atoms with Gasteiger partial charge in [0.2, 0.25) is 5.91 Å². The predicted molar refractivity (Wildman–Crippen MR) is 82.2 cm³/mol. The summed E-state index contributed by atoms with van der Waals surface area (Å²) in [4.78, 5) is 21.4. The second-order valence-corrected chi connectivity index (χ2v) is 5.01. The number of hydrogen-bond acceptors (Lipinski definition) is 4. The second-order valence-electron chi connectivity index (χ2n) is 3.76. The molecule has 1 heterocycles. The first-order valence-corrected chi connectivity index (χ1v) is 6.61. The summed E-state index contributed by atoms with van der Waals surface area (Å²) in [5.41, 5.74) is 0.672. The molecule has 0 aliphatic rings. The van der Waals surface area contributed by atoms with Crippen LogP contribution in [0.3, 0.4) is 0 Å². The van der Waals surface area contributed by atoms with Crippen LogP contribution in [0.5, 0.6) is 0 Å². The highest BCUT2D eigenvalue weighted by molar-refractivity contribution is 14.1. The van der Waals surface area contributed by atoms with Crippen LogP contribution in [0.25, 0.3) is 6.08 Å². The molecule has 0 saturated heterocycles. The molecule has 102 valence electrons. The van der Waals surface area contributed by atoms with Crippen molar-refractivity contribution in [3.8, 4) is 0 Å². The SMILES string of the molecule is O=C(/C=C/c1ccc([N+](=O)[O-])o1)Nc1ccc(I)cc1. The van der Waals surface area contributed by atoms with E-state index in [-0.39, 0.29) is 17.6 Å². The molecule has 1 N–H and O–H groups in total. The van der Waals surface area contributed by atoms with Crippen LogP contribution in [-0.2, 0) is 4.79 Å². The van der Waals surface area contributed by atoms with Gasteiger partial charge in [0.15, 0.2) is 0 Å². The molecule has 0 aliphatic heterocycles. The Kier molecular flexibility index (Phi) is 4.51. The average Bonchev–Trinajstić information content (AvgIpc) is 2.88. The highest BCUT2D eigenvalue weighted by Gasteiger charge is 2.10. The lowest BCUT2D eigenvalue weighted by molar-refractivity contribution is -0.402. The first kappa shape index (κ1) is 14.3. The van der Waals surface area contributed by atoms with E-state index in [0.717, 1.165) is 3.57 Å². The van der Waals surface area contributed by atoms with E-state index in [9.17, 15) is 14.9 Å². The Labute approximate surface area is 127 Å². The van der Waals surface area contributed by atoms with Crippen LogP contribution in [0.15, 0.2) is 46.9 Å². The van der Waals surface area contributed by atoms with Gasteiger partial charge < -0.3 is 9.73 Å². The molecule has 1 aromatic carbocycles. The van der Waals surface area contributed by atoms with Gasteiger partial charge in [-0.05, 0) is 59.0 Å². The van der Waals surface area contributed by atoms with Crippen LogP contribution >= 0.6 is 22.6 Å². The van der Waals surface area contributed by atoms with Crippen LogP contribution in [0.1, 0.15) is 5.76 Å². The zero-order chi connectivity index (χ0) is 14.5. The number of nitro groups is 1. The minimum Gasteiger partial charge on any atom is -0.401 e. The molecule has 2 rings (SSSR count). The highest BCUT2D eigenvalue weighted by atomic mass is 127. The number of hydrogen-bond donors (Lipinski definition) is 1. The van der Waals surface area contributed by atoms with Gasteiger partial charge in [-0.3, -0.25) is 14.9 Å². The first-order valence-electron chi connectivity index (χ1n) is 5.53. The number of amides is 1. The van der Waals surface area contributed by atoms with Crippen molar-refractivity contribution in [2.75, 3.05) is 5.32 Å². The van der Waals surface area contributed by atoms with Crippen molar-refractivity contribution in [2.24, 2.45) is 0 Å². The molecule has 0 unspecified atom stereocenters. The topological polar surface area (TPSA) is 85.4 Å². The van der Waals surface area contributed by atoms with E-state index >= 15 is 0 Å². The van der Waals surface area contributed by atoms with Gasteiger partial charge in [-0.1, -0.05) is 0 Å². The van der Waals surface area contributed by atoms with E-state index in [1.807, 2.05) is 12.1 Å². The minimum atomic E-state index is -0.636. The fourth-order valence-corrected chi connectivity index (χ4v) is 1.76. The molecular formula is C13H9IN2O4. The molecule has 0 saturated carbocycles. The summed E-state index contributed by atoms with van der Waals surface area (Å²) in [5, 5.41) is 13.1. The Hall–Kier alpha value is -2.16. The summed E-state index contributed by atoms with van der Waals surface area (Å²) in [6, 6.07) is 9.96. The fourth-order valence-electron chi connectivity index (χ4n) is 1.40. The highest BCUT2D eigenvalue weighted by Crippen LogP contribution is 2.16. The van der Waals surface area contributed by atoms with Crippen molar-refractivity contribution in [1.82, 2.24) is 0 Å². The molecule has 2 aromatic rings. The van der Waals surface area contributed by atoms with Crippen molar-refractivity contribution in [1.29, 1.82) is 0 Å². The third kappa shape index (κ3) is 3.92. The van der Waals surface area contributed by atoms with Crippen LogP contribution in [-0.4, -0.2) is 10.8 Å². The normalized spacial score (nSPS) is 10.7. The standard InChI is InChI=1S/C13H9IN2O4/c14-9-1-3-10(4-2-9)15-12(17)7-5-11-6-8-13(20-11)16(18)19/h1-8H,(H,15,17)/b7-5+. The van der Waals surface area contributed by atoms with Crippen LogP contribution in [0.2, 0.25) is 0 Å². The number of rotatable bonds is 4. The van der Waals surface area contributed by atoms with E-state index in [2.05, 4.69) is 27.9 Å². The number of furan rings is 1. The summed E-state index contributed by atoms with van der Waals surface area (Å²) < 4.78 is 5.96. The van der Waals surface area contributed by atoms with Gasteiger partial charge in [-0.25, -0.2) is 0 Å². The quantitative estimate of drug-likeness (QED) is 0.379. The lowest BCUT2D eigenvalue weighted by atomic mass is 10.3. The molecule has 0 atom stereocenters. The van der Waals surface area contributed by atoms with Gasteiger partial charge >= 0.3 is 5.88 Å². The summed E-state index contributed by atoms with van der Waals surface area (Å²) in [6.45, 7) is 0. The number of anilines is 1. The van der Waals surface area contributed by atoms with Crippen molar-refractivity contribution >= 4 is 46.1 Å². The summed E-state index contributed by atoms with van der Waals surface area (Å²) in [7, 11) is 0.